The fourth-order valence-corrected chi connectivity index (χ4v) is 2.79. The highest BCUT2D eigenvalue weighted by Crippen LogP contribution is 2.25. The quantitative estimate of drug-likeness (QED) is 0.817. The maximum atomic E-state index is 12.4. The van der Waals surface area contributed by atoms with Crippen LogP contribution in [0.5, 0.6) is 0 Å². The van der Waals surface area contributed by atoms with Crippen LogP contribution in [0.25, 0.3) is 0 Å². The van der Waals surface area contributed by atoms with Crippen LogP contribution in [-0.2, 0) is 0 Å². The molecule has 0 aliphatic heterocycles. The van der Waals surface area contributed by atoms with E-state index < -0.39 is 5.97 Å². The first-order valence-electron chi connectivity index (χ1n) is 7.34. The van der Waals surface area contributed by atoms with E-state index in [-0.39, 0.29) is 17.2 Å². The second-order valence-electron chi connectivity index (χ2n) is 5.51. The summed E-state index contributed by atoms with van der Waals surface area (Å²) in [5, 5.41) is 8.88. The Bertz CT molecular complexity index is 514. The number of nitrogens with zero attached hydrogens (tertiary/aromatic N) is 1. The molecule has 5 heteroatoms. The van der Waals surface area contributed by atoms with Gasteiger partial charge in [-0.1, -0.05) is 25.3 Å². The van der Waals surface area contributed by atoms with Gasteiger partial charge in [-0.15, -0.1) is 6.58 Å². The molecule has 1 heterocycles. The third kappa shape index (κ3) is 3.97. The highest BCUT2D eigenvalue weighted by atomic mass is 16.4. The van der Waals surface area contributed by atoms with Gasteiger partial charge in [-0.2, -0.15) is 0 Å². The van der Waals surface area contributed by atoms with Gasteiger partial charge in [-0.25, -0.2) is 4.79 Å². The number of carboxylic acids is 1. The van der Waals surface area contributed by atoms with Crippen LogP contribution in [-0.4, -0.2) is 35.0 Å². The Balaban J connectivity index is 2.06. The number of aromatic carboxylic acids is 1. The summed E-state index contributed by atoms with van der Waals surface area (Å²) < 4.78 is 5.10. The number of carbonyl (C=O) groups is 2. The third-order valence-corrected chi connectivity index (χ3v) is 3.90. The Morgan fingerprint density at radius 2 is 2.10 bits per heavy atom. The van der Waals surface area contributed by atoms with Gasteiger partial charge >= 0.3 is 5.97 Å². The van der Waals surface area contributed by atoms with E-state index >= 15 is 0 Å². The van der Waals surface area contributed by atoms with E-state index in [0.29, 0.717) is 19.0 Å². The monoisotopic (exact) mass is 291 g/mol. The molecule has 0 radical (unpaired) electrons. The largest absolute Gasteiger partial charge is 0.478 e. The molecule has 1 aromatic heterocycles. The molecule has 1 N–H and O–H groups in total. The molecule has 0 atom stereocenters. The van der Waals surface area contributed by atoms with Crippen molar-refractivity contribution >= 4 is 11.9 Å². The minimum atomic E-state index is -1.10. The standard InChI is InChI=1S/C16H21NO4/c1-2-8-17(10-12-6-4-3-5-7-12)15(18)14-9-13(11-21-14)16(19)20/h2,9,11-12H,1,3-8,10H2,(H,19,20). The molecule has 2 rings (SSSR count). The second kappa shape index (κ2) is 7.11. The van der Waals surface area contributed by atoms with E-state index in [1.165, 1.54) is 25.3 Å². The minimum absolute atomic E-state index is 0.00503. The summed E-state index contributed by atoms with van der Waals surface area (Å²) in [6.07, 6.45) is 8.75. The molecule has 0 saturated heterocycles. The minimum Gasteiger partial charge on any atom is -0.478 e. The van der Waals surface area contributed by atoms with Gasteiger partial charge in [-0.05, 0) is 18.8 Å². The summed E-state index contributed by atoms with van der Waals surface area (Å²) in [5.74, 6) is -0.782. The van der Waals surface area contributed by atoms with Gasteiger partial charge in [-0.3, -0.25) is 4.79 Å². The number of rotatable bonds is 6. The Hall–Kier alpha value is -2.04. The maximum Gasteiger partial charge on any atom is 0.338 e. The lowest BCUT2D eigenvalue weighted by molar-refractivity contribution is 0.0690. The maximum absolute atomic E-state index is 12.4. The van der Waals surface area contributed by atoms with Crippen molar-refractivity contribution in [3.8, 4) is 0 Å². The zero-order chi connectivity index (χ0) is 15.2. The number of hydrogen-bond acceptors (Lipinski definition) is 3. The topological polar surface area (TPSA) is 70.8 Å². The van der Waals surface area contributed by atoms with E-state index in [1.54, 1.807) is 11.0 Å². The van der Waals surface area contributed by atoms with Gasteiger partial charge in [0.05, 0.1) is 5.56 Å². The Labute approximate surface area is 124 Å². The highest BCUT2D eigenvalue weighted by molar-refractivity contribution is 5.95. The number of furan rings is 1. The van der Waals surface area contributed by atoms with Crippen molar-refractivity contribution in [3.63, 3.8) is 0 Å². The zero-order valence-corrected chi connectivity index (χ0v) is 12.1. The van der Waals surface area contributed by atoms with Crippen LogP contribution in [0.15, 0.2) is 29.4 Å². The second-order valence-corrected chi connectivity index (χ2v) is 5.51. The summed E-state index contributed by atoms with van der Waals surface area (Å²) in [4.78, 5) is 25.0. The van der Waals surface area contributed by atoms with Crippen LogP contribution in [0.3, 0.4) is 0 Å². The van der Waals surface area contributed by atoms with Crippen LogP contribution in [0.1, 0.15) is 53.0 Å². The molecule has 114 valence electrons. The number of hydrogen-bond donors (Lipinski definition) is 1. The van der Waals surface area contributed by atoms with E-state index in [0.717, 1.165) is 19.1 Å². The van der Waals surface area contributed by atoms with Crippen molar-refractivity contribution in [2.75, 3.05) is 13.1 Å². The lowest BCUT2D eigenvalue weighted by atomic mass is 9.89. The molecular weight excluding hydrogens is 270 g/mol. The van der Waals surface area contributed by atoms with Crippen molar-refractivity contribution < 1.29 is 19.1 Å². The van der Waals surface area contributed by atoms with Crippen molar-refractivity contribution in [1.82, 2.24) is 4.90 Å². The van der Waals surface area contributed by atoms with E-state index in [4.69, 9.17) is 9.52 Å². The first kappa shape index (κ1) is 15.4. The number of amides is 1. The molecule has 0 spiro atoms. The normalized spacial score (nSPS) is 15.6. The molecule has 1 aliphatic carbocycles. The summed E-state index contributed by atoms with van der Waals surface area (Å²) in [6.45, 7) is 4.80. The summed E-state index contributed by atoms with van der Waals surface area (Å²) in [7, 11) is 0. The van der Waals surface area contributed by atoms with Crippen LogP contribution < -0.4 is 0 Å². The molecule has 0 bridgehead atoms. The van der Waals surface area contributed by atoms with Crippen molar-refractivity contribution in [2.24, 2.45) is 5.92 Å². The summed E-state index contributed by atoms with van der Waals surface area (Å²) in [5.41, 5.74) is -0.00503. The van der Waals surface area contributed by atoms with Crippen molar-refractivity contribution in [3.05, 3.63) is 36.3 Å². The molecule has 1 fully saturated rings. The molecule has 0 aromatic carbocycles. The summed E-state index contributed by atoms with van der Waals surface area (Å²) >= 11 is 0. The Morgan fingerprint density at radius 1 is 1.38 bits per heavy atom. The average molecular weight is 291 g/mol. The molecule has 5 nitrogen and oxygen atoms in total. The fraction of sp³-hybridized carbons (Fsp3) is 0.500. The zero-order valence-electron chi connectivity index (χ0n) is 12.1. The lowest BCUT2D eigenvalue weighted by Gasteiger charge is -2.28. The van der Waals surface area contributed by atoms with Gasteiger partial charge in [0.25, 0.3) is 5.91 Å². The van der Waals surface area contributed by atoms with Crippen LogP contribution in [0.2, 0.25) is 0 Å². The Kier molecular flexibility index (Phi) is 5.20. The van der Waals surface area contributed by atoms with Gasteiger partial charge in [0.1, 0.15) is 6.26 Å². The molecule has 21 heavy (non-hydrogen) atoms. The molecule has 1 saturated carbocycles. The van der Waals surface area contributed by atoms with Gasteiger partial charge in [0.15, 0.2) is 5.76 Å². The van der Waals surface area contributed by atoms with E-state index in [9.17, 15) is 9.59 Å². The fourth-order valence-electron chi connectivity index (χ4n) is 2.79. The van der Waals surface area contributed by atoms with Gasteiger partial charge < -0.3 is 14.4 Å². The van der Waals surface area contributed by atoms with Crippen molar-refractivity contribution in [1.29, 1.82) is 0 Å². The van der Waals surface area contributed by atoms with Crippen LogP contribution in [0.4, 0.5) is 0 Å². The smallest absolute Gasteiger partial charge is 0.338 e. The molecule has 1 amide bonds. The Morgan fingerprint density at radius 3 is 2.67 bits per heavy atom. The van der Waals surface area contributed by atoms with E-state index in [1.807, 2.05) is 0 Å². The summed E-state index contributed by atoms with van der Waals surface area (Å²) in [6, 6.07) is 1.28. The number of carboxylic acid groups (broad SMARTS) is 1. The molecule has 0 unspecified atom stereocenters. The first-order valence-corrected chi connectivity index (χ1v) is 7.34. The molecular formula is C16H21NO4. The average Bonchev–Trinajstić information content (AvgIpc) is 2.97. The third-order valence-electron chi connectivity index (χ3n) is 3.90. The molecule has 1 aromatic rings. The highest BCUT2D eigenvalue weighted by Gasteiger charge is 2.24. The SMILES string of the molecule is C=CCN(CC1CCCCC1)C(=O)c1cc(C(=O)O)co1. The molecule has 1 aliphatic rings. The van der Waals surface area contributed by atoms with Gasteiger partial charge in [0, 0.05) is 19.2 Å². The van der Waals surface area contributed by atoms with Crippen LogP contribution >= 0.6 is 0 Å². The van der Waals surface area contributed by atoms with Crippen LogP contribution in [0, 0.1) is 5.92 Å². The van der Waals surface area contributed by atoms with Gasteiger partial charge in [0.2, 0.25) is 0 Å². The lowest BCUT2D eigenvalue weighted by Crippen LogP contribution is -2.36. The first-order chi connectivity index (χ1) is 10.1. The van der Waals surface area contributed by atoms with E-state index in [2.05, 4.69) is 6.58 Å². The van der Waals surface area contributed by atoms with Crippen molar-refractivity contribution in [2.45, 2.75) is 32.1 Å². The number of carbonyl (C=O) groups excluding carboxylic acids is 1. The predicted molar refractivity (Wildman–Crippen MR) is 78.3 cm³/mol. The predicted octanol–water partition coefficient (Wildman–Crippen LogP) is 3.19.